The summed E-state index contributed by atoms with van der Waals surface area (Å²) < 4.78 is 21.4. The number of ether oxygens (including phenoxy) is 4. The van der Waals surface area contributed by atoms with Crippen LogP contribution >= 0.6 is 0 Å². The molecule has 0 bridgehead atoms. The molecule has 0 spiro atoms. The van der Waals surface area contributed by atoms with Gasteiger partial charge in [-0.1, -0.05) is 12.1 Å². The van der Waals surface area contributed by atoms with Gasteiger partial charge in [0.15, 0.2) is 28.8 Å². The van der Waals surface area contributed by atoms with Gasteiger partial charge in [-0.2, -0.15) is 0 Å². The molecule has 0 saturated carbocycles. The Bertz CT molecular complexity index is 779. The molecular weight excluding hydrogens is 308 g/mol. The first-order valence-corrected chi connectivity index (χ1v) is 7.55. The van der Waals surface area contributed by atoms with E-state index in [4.69, 9.17) is 18.9 Å². The fourth-order valence-electron chi connectivity index (χ4n) is 2.42. The van der Waals surface area contributed by atoms with Crippen molar-refractivity contribution in [3.05, 3.63) is 53.6 Å². The topological polar surface area (TPSA) is 54.0 Å². The van der Waals surface area contributed by atoms with Crippen molar-refractivity contribution >= 4 is 11.9 Å². The maximum Gasteiger partial charge on any atom is 0.185 e. The average Bonchev–Trinajstić information content (AvgIpc) is 2.65. The maximum atomic E-state index is 12.3. The Hall–Kier alpha value is -2.95. The number of hydrogen-bond acceptors (Lipinski definition) is 5. The Labute approximate surface area is 140 Å². The lowest BCUT2D eigenvalue weighted by molar-refractivity contribution is 0.104. The minimum absolute atomic E-state index is 0.120. The summed E-state index contributed by atoms with van der Waals surface area (Å²) in [5.74, 6) is 2.42. The first-order valence-electron chi connectivity index (χ1n) is 7.55. The molecular formula is C19H18O5. The predicted octanol–water partition coefficient (Wildman–Crippen LogP) is 3.37. The first kappa shape index (κ1) is 15.9. The van der Waals surface area contributed by atoms with Crippen LogP contribution < -0.4 is 18.9 Å². The second-order valence-electron chi connectivity index (χ2n) is 5.17. The standard InChI is InChI=1S/C19H18O5/c1-21-16-8-5-14(12-18(16)22-2)15(20)6-3-13-4-7-17-19(11-13)24-10-9-23-17/h3-8,11-12H,9-10H2,1-2H3/b6-3-. The van der Waals surface area contributed by atoms with E-state index in [1.54, 1.807) is 31.4 Å². The van der Waals surface area contributed by atoms with Gasteiger partial charge in [-0.25, -0.2) is 0 Å². The third-order valence-electron chi connectivity index (χ3n) is 3.66. The molecule has 0 N–H and O–H groups in total. The number of carbonyl (C=O) groups is 1. The lowest BCUT2D eigenvalue weighted by Gasteiger charge is -2.18. The molecule has 0 saturated heterocycles. The van der Waals surface area contributed by atoms with Crippen molar-refractivity contribution in [1.82, 2.24) is 0 Å². The number of benzene rings is 2. The number of carbonyl (C=O) groups excluding carboxylic acids is 1. The molecule has 0 aliphatic carbocycles. The quantitative estimate of drug-likeness (QED) is 0.623. The van der Waals surface area contributed by atoms with Gasteiger partial charge in [0.25, 0.3) is 0 Å². The summed E-state index contributed by atoms with van der Waals surface area (Å²) in [6, 6.07) is 10.7. The van der Waals surface area contributed by atoms with E-state index < -0.39 is 0 Å². The van der Waals surface area contributed by atoms with E-state index in [1.807, 2.05) is 18.2 Å². The summed E-state index contributed by atoms with van der Waals surface area (Å²) in [4.78, 5) is 12.3. The van der Waals surface area contributed by atoms with Crippen LogP contribution in [0.25, 0.3) is 6.08 Å². The monoisotopic (exact) mass is 326 g/mol. The van der Waals surface area contributed by atoms with Crippen LogP contribution in [0, 0.1) is 0 Å². The molecule has 0 amide bonds. The Morgan fingerprint density at radius 1 is 0.958 bits per heavy atom. The van der Waals surface area contributed by atoms with Crippen LogP contribution in [-0.2, 0) is 0 Å². The molecule has 5 nitrogen and oxygen atoms in total. The summed E-state index contributed by atoms with van der Waals surface area (Å²) >= 11 is 0. The van der Waals surface area contributed by atoms with Crippen LogP contribution in [0.4, 0.5) is 0 Å². The fraction of sp³-hybridized carbons (Fsp3) is 0.211. The normalized spacial score (nSPS) is 12.9. The van der Waals surface area contributed by atoms with Crippen LogP contribution in [0.1, 0.15) is 15.9 Å². The lowest BCUT2D eigenvalue weighted by Crippen LogP contribution is -2.15. The highest BCUT2D eigenvalue weighted by Gasteiger charge is 2.11. The second kappa shape index (κ2) is 7.08. The number of fused-ring (bicyclic) bond motifs is 1. The van der Waals surface area contributed by atoms with Crippen molar-refractivity contribution in [2.24, 2.45) is 0 Å². The third kappa shape index (κ3) is 3.35. The molecule has 2 aromatic carbocycles. The summed E-state index contributed by atoms with van der Waals surface area (Å²) in [6.07, 6.45) is 3.27. The molecule has 5 heteroatoms. The van der Waals surface area contributed by atoms with Crippen LogP contribution in [0.15, 0.2) is 42.5 Å². The van der Waals surface area contributed by atoms with Gasteiger partial charge in [-0.05, 0) is 42.0 Å². The lowest BCUT2D eigenvalue weighted by atomic mass is 10.1. The Morgan fingerprint density at radius 3 is 2.46 bits per heavy atom. The highest BCUT2D eigenvalue weighted by atomic mass is 16.6. The van der Waals surface area contributed by atoms with Crippen LogP contribution in [0.5, 0.6) is 23.0 Å². The zero-order valence-electron chi connectivity index (χ0n) is 13.6. The molecule has 0 unspecified atom stereocenters. The van der Waals surface area contributed by atoms with Gasteiger partial charge >= 0.3 is 0 Å². The molecule has 1 aliphatic heterocycles. The van der Waals surface area contributed by atoms with Crippen molar-refractivity contribution in [3.63, 3.8) is 0 Å². The number of rotatable bonds is 5. The van der Waals surface area contributed by atoms with Crippen molar-refractivity contribution < 1.29 is 23.7 Å². The summed E-state index contributed by atoms with van der Waals surface area (Å²) in [6.45, 7) is 1.09. The average molecular weight is 326 g/mol. The molecule has 0 radical (unpaired) electrons. The largest absolute Gasteiger partial charge is 0.493 e. The molecule has 0 aromatic heterocycles. The van der Waals surface area contributed by atoms with Crippen LogP contribution in [0.2, 0.25) is 0 Å². The van der Waals surface area contributed by atoms with E-state index >= 15 is 0 Å². The molecule has 2 aromatic rings. The number of ketones is 1. The van der Waals surface area contributed by atoms with Gasteiger partial charge < -0.3 is 18.9 Å². The van der Waals surface area contributed by atoms with Gasteiger partial charge in [0, 0.05) is 5.56 Å². The molecule has 24 heavy (non-hydrogen) atoms. The van der Waals surface area contributed by atoms with E-state index in [-0.39, 0.29) is 5.78 Å². The van der Waals surface area contributed by atoms with Gasteiger partial charge in [-0.3, -0.25) is 4.79 Å². The molecule has 0 fully saturated rings. The van der Waals surface area contributed by atoms with Crippen molar-refractivity contribution in [2.45, 2.75) is 0 Å². The van der Waals surface area contributed by atoms with Crippen LogP contribution in [-0.4, -0.2) is 33.2 Å². The van der Waals surface area contributed by atoms with Gasteiger partial charge in [0.2, 0.25) is 0 Å². The van der Waals surface area contributed by atoms with Gasteiger partial charge in [-0.15, -0.1) is 0 Å². The smallest absolute Gasteiger partial charge is 0.185 e. The second-order valence-corrected chi connectivity index (χ2v) is 5.17. The number of methoxy groups -OCH3 is 2. The first-order chi connectivity index (χ1) is 11.7. The van der Waals surface area contributed by atoms with E-state index in [2.05, 4.69) is 0 Å². The van der Waals surface area contributed by atoms with Gasteiger partial charge in [0.1, 0.15) is 13.2 Å². The number of hydrogen-bond donors (Lipinski definition) is 0. The molecule has 3 rings (SSSR count). The Morgan fingerprint density at radius 2 is 1.71 bits per heavy atom. The maximum absolute atomic E-state index is 12.3. The number of allylic oxidation sites excluding steroid dienone is 1. The Kier molecular flexibility index (Phi) is 4.70. The molecule has 124 valence electrons. The zero-order chi connectivity index (χ0) is 16.9. The van der Waals surface area contributed by atoms with E-state index in [1.165, 1.54) is 13.2 Å². The minimum Gasteiger partial charge on any atom is -0.493 e. The molecule has 1 aliphatic rings. The highest BCUT2D eigenvalue weighted by Crippen LogP contribution is 2.31. The van der Waals surface area contributed by atoms with Crippen molar-refractivity contribution in [1.29, 1.82) is 0 Å². The summed E-state index contributed by atoms with van der Waals surface area (Å²) in [7, 11) is 3.10. The van der Waals surface area contributed by atoms with E-state index in [0.29, 0.717) is 36.0 Å². The molecule has 0 atom stereocenters. The van der Waals surface area contributed by atoms with Crippen molar-refractivity contribution in [3.8, 4) is 23.0 Å². The Balaban J connectivity index is 1.78. The SMILES string of the molecule is COc1ccc(C(=O)/C=C\c2ccc3c(c2)OCCO3)cc1OC. The summed E-state index contributed by atoms with van der Waals surface area (Å²) in [5, 5.41) is 0. The minimum atomic E-state index is -0.120. The third-order valence-corrected chi connectivity index (χ3v) is 3.66. The van der Waals surface area contributed by atoms with E-state index in [9.17, 15) is 4.79 Å². The van der Waals surface area contributed by atoms with Crippen molar-refractivity contribution in [2.75, 3.05) is 27.4 Å². The zero-order valence-corrected chi connectivity index (χ0v) is 13.6. The fourth-order valence-corrected chi connectivity index (χ4v) is 2.42. The van der Waals surface area contributed by atoms with E-state index in [0.717, 1.165) is 11.3 Å². The highest BCUT2D eigenvalue weighted by molar-refractivity contribution is 6.07. The predicted molar refractivity (Wildman–Crippen MR) is 90.3 cm³/mol. The molecule has 1 heterocycles. The van der Waals surface area contributed by atoms with Gasteiger partial charge in [0.05, 0.1) is 14.2 Å². The summed E-state index contributed by atoms with van der Waals surface area (Å²) in [5.41, 5.74) is 1.40. The van der Waals surface area contributed by atoms with Crippen LogP contribution in [0.3, 0.4) is 0 Å².